The third kappa shape index (κ3) is 4.73. The summed E-state index contributed by atoms with van der Waals surface area (Å²) in [7, 11) is 0. The van der Waals surface area contributed by atoms with E-state index in [1.54, 1.807) is 0 Å². The van der Waals surface area contributed by atoms with Crippen molar-refractivity contribution in [1.29, 1.82) is 0 Å². The minimum absolute atomic E-state index is 0.638. The average Bonchev–Trinajstić information content (AvgIpc) is 3.43. The fourth-order valence-electron chi connectivity index (χ4n) is 4.60. The van der Waals surface area contributed by atoms with Crippen LogP contribution in [-0.4, -0.2) is 53.3 Å². The van der Waals surface area contributed by atoms with Crippen LogP contribution in [-0.2, 0) is 0 Å². The number of benzene rings is 1. The van der Waals surface area contributed by atoms with Gasteiger partial charge in [-0.1, -0.05) is 25.6 Å². The van der Waals surface area contributed by atoms with Crippen LogP contribution in [0.15, 0.2) is 66.6 Å². The summed E-state index contributed by atoms with van der Waals surface area (Å²) in [6.07, 6.45) is 9.73. The first-order valence-electron chi connectivity index (χ1n) is 12.1. The maximum Gasteiger partial charge on any atom is 0.130 e. The molecule has 174 valence electrons. The van der Waals surface area contributed by atoms with E-state index < -0.39 is 0 Å². The maximum atomic E-state index is 4.64. The molecule has 1 aromatic carbocycles. The van der Waals surface area contributed by atoms with Gasteiger partial charge in [-0.15, -0.1) is 0 Å². The van der Waals surface area contributed by atoms with E-state index in [2.05, 4.69) is 80.8 Å². The van der Waals surface area contributed by atoms with Gasteiger partial charge in [-0.25, -0.2) is 9.97 Å². The molecule has 4 heterocycles. The molecule has 6 heteroatoms. The van der Waals surface area contributed by atoms with Crippen molar-refractivity contribution >= 4 is 39.9 Å². The molecule has 6 nitrogen and oxygen atoms in total. The van der Waals surface area contributed by atoms with Crippen LogP contribution in [0.1, 0.15) is 37.8 Å². The highest BCUT2D eigenvalue weighted by Gasteiger charge is 2.21. The van der Waals surface area contributed by atoms with Crippen molar-refractivity contribution in [3.8, 4) is 0 Å². The summed E-state index contributed by atoms with van der Waals surface area (Å²) < 4.78 is 0. The quantitative estimate of drug-likeness (QED) is 0.517. The number of hydrogen-bond acceptors (Lipinski definition) is 6. The molecule has 0 radical (unpaired) electrons. The summed E-state index contributed by atoms with van der Waals surface area (Å²) in [5, 5.41) is 5.66. The van der Waals surface area contributed by atoms with Crippen LogP contribution in [0, 0.1) is 0 Å². The lowest BCUT2D eigenvalue weighted by atomic mass is 10.0. The number of aromatic nitrogens is 2. The second-order valence-electron chi connectivity index (χ2n) is 9.11. The van der Waals surface area contributed by atoms with Crippen molar-refractivity contribution in [3.63, 3.8) is 0 Å². The highest BCUT2D eigenvalue weighted by Crippen LogP contribution is 2.27. The van der Waals surface area contributed by atoms with Gasteiger partial charge in [0.1, 0.15) is 11.6 Å². The second kappa shape index (κ2) is 9.77. The molecule has 2 aliphatic heterocycles. The molecule has 3 aromatic rings. The monoisotopic (exact) mass is 452 g/mol. The Morgan fingerprint density at radius 1 is 1.06 bits per heavy atom. The first-order valence-corrected chi connectivity index (χ1v) is 12.1. The highest BCUT2D eigenvalue weighted by atomic mass is 15.3. The molecule has 0 saturated carbocycles. The minimum atomic E-state index is 0.638. The first-order chi connectivity index (χ1) is 16.6. The van der Waals surface area contributed by atoms with Crippen LogP contribution in [0.25, 0.3) is 22.0 Å². The Hall–Kier alpha value is -3.51. The lowest BCUT2D eigenvalue weighted by molar-refractivity contribution is 0.192. The summed E-state index contributed by atoms with van der Waals surface area (Å²) in [4.78, 5) is 18.4. The van der Waals surface area contributed by atoms with Crippen molar-refractivity contribution in [1.82, 2.24) is 14.9 Å². The van der Waals surface area contributed by atoms with Crippen LogP contribution < -0.4 is 10.2 Å². The molecule has 5 rings (SSSR count). The van der Waals surface area contributed by atoms with Gasteiger partial charge in [0.05, 0.1) is 0 Å². The van der Waals surface area contributed by atoms with Gasteiger partial charge in [-0.2, -0.15) is 0 Å². The molecule has 1 saturated heterocycles. The summed E-state index contributed by atoms with van der Waals surface area (Å²) in [6, 6.07) is 13.3. The standard InChI is InChI=1S/C28H32N6/c1-4-20(2)33-11-13-34(14-12-33)28-17-22(8-10-30-28)21(3)32-27-16-26-15-23(25-7-9-29-18-25)5-6-24(26)19-31-27/h5-6,8-10,15-20H,3-4,7,11-14H2,1-2H3,(H,31,32). The third-order valence-electron chi connectivity index (χ3n) is 6.96. The summed E-state index contributed by atoms with van der Waals surface area (Å²) >= 11 is 0. The van der Waals surface area contributed by atoms with Gasteiger partial charge >= 0.3 is 0 Å². The normalized spacial score (nSPS) is 17.1. The fraction of sp³-hybridized carbons (Fsp3) is 0.321. The zero-order valence-corrected chi connectivity index (χ0v) is 20.0. The van der Waals surface area contributed by atoms with Crippen LogP contribution in [0.5, 0.6) is 0 Å². The van der Waals surface area contributed by atoms with E-state index >= 15 is 0 Å². The number of hydrogen-bond donors (Lipinski definition) is 1. The number of aliphatic imine (C=N–C) groups is 1. The van der Waals surface area contributed by atoms with Gasteiger partial charge in [0.15, 0.2) is 0 Å². The van der Waals surface area contributed by atoms with E-state index in [-0.39, 0.29) is 0 Å². The smallest absolute Gasteiger partial charge is 0.130 e. The molecular formula is C28H32N6. The molecular weight excluding hydrogens is 420 g/mol. The number of piperazine rings is 1. The number of anilines is 2. The SMILES string of the molecule is C=C(Nc1cc2cc(C3=CN=CC3)ccc2cn1)c1ccnc(N2CCN(C(C)CC)CC2)c1. The van der Waals surface area contributed by atoms with Crippen molar-refractivity contribution in [3.05, 3.63) is 72.7 Å². The summed E-state index contributed by atoms with van der Waals surface area (Å²) in [5.74, 6) is 1.79. The lowest BCUT2D eigenvalue weighted by Crippen LogP contribution is -2.49. The molecule has 0 amide bonds. The molecule has 1 atom stereocenters. The predicted octanol–water partition coefficient (Wildman–Crippen LogP) is 5.45. The fourth-order valence-corrected chi connectivity index (χ4v) is 4.60. The Morgan fingerprint density at radius 3 is 2.68 bits per heavy atom. The number of allylic oxidation sites excluding steroid dienone is 1. The third-order valence-corrected chi connectivity index (χ3v) is 6.96. The van der Waals surface area contributed by atoms with Gasteiger partial charge in [0.25, 0.3) is 0 Å². The minimum Gasteiger partial charge on any atom is -0.354 e. The maximum absolute atomic E-state index is 4.64. The Kier molecular flexibility index (Phi) is 6.41. The number of rotatable bonds is 7. The van der Waals surface area contributed by atoms with Gasteiger partial charge < -0.3 is 10.2 Å². The molecule has 0 spiro atoms. The van der Waals surface area contributed by atoms with E-state index in [0.717, 1.165) is 66.3 Å². The summed E-state index contributed by atoms with van der Waals surface area (Å²) in [6.45, 7) is 13.0. The molecule has 1 unspecified atom stereocenters. The van der Waals surface area contributed by atoms with Crippen LogP contribution >= 0.6 is 0 Å². The zero-order chi connectivity index (χ0) is 23.5. The van der Waals surface area contributed by atoms with Crippen molar-refractivity contribution in [2.24, 2.45) is 4.99 Å². The Labute approximate surface area is 201 Å². The van der Waals surface area contributed by atoms with E-state index in [4.69, 9.17) is 0 Å². The lowest BCUT2D eigenvalue weighted by Gasteiger charge is -2.38. The largest absolute Gasteiger partial charge is 0.354 e. The molecule has 1 fully saturated rings. The van der Waals surface area contributed by atoms with Crippen molar-refractivity contribution in [2.75, 3.05) is 36.4 Å². The Bertz CT molecular complexity index is 1250. The van der Waals surface area contributed by atoms with Crippen LogP contribution in [0.4, 0.5) is 11.6 Å². The Morgan fingerprint density at radius 2 is 1.91 bits per heavy atom. The number of nitrogens with zero attached hydrogens (tertiary/aromatic N) is 5. The highest BCUT2D eigenvalue weighted by molar-refractivity contribution is 5.91. The van der Waals surface area contributed by atoms with Crippen LogP contribution in [0.2, 0.25) is 0 Å². The molecule has 0 bridgehead atoms. The number of pyridine rings is 2. The van der Waals surface area contributed by atoms with E-state index in [1.807, 2.05) is 30.9 Å². The van der Waals surface area contributed by atoms with E-state index in [9.17, 15) is 0 Å². The van der Waals surface area contributed by atoms with Crippen LogP contribution in [0.3, 0.4) is 0 Å². The van der Waals surface area contributed by atoms with Crippen molar-refractivity contribution < 1.29 is 0 Å². The van der Waals surface area contributed by atoms with Gasteiger partial charge in [0.2, 0.25) is 0 Å². The van der Waals surface area contributed by atoms with Gasteiger partial charge in [-0.3, -0.25) is 9.89 Å². The number of fused-ring (bicyclic) bond motifs is 1. The van der Waals surface area contributed by atoms with Gasteiger partial charge in [0, 0.05) is 80.1 Å². The first kappa shape index (κ1) is 22.3. The molecule has 0 aliphatic carbocycles. The molecule has 2 aliphatic rings. The predicted molar refractivity (Wildman–Crippen MR) is 143 cm³/mol. The van der Waals surface area contributed by atoms with E-state index in [0.29, 0.717) is 6.04 Å². The summed E-state index contributed by atoms with van der Waals surface area (Å²) in [5.41, 5.74) is 4.29. The Balaban J connectivity index is 1.29. The average molecular weight is 453 g/mol. The van der Waals surface area contributed by atoms with Crippen molar-refractivity contribution in [2.45, 2.75) is 32.7 Å². The van der Waals surface area contributed by atoms with Gasteiger partial charge in [-0.05, 0) is 54.1 Å². The molecule has 34 heavy (non-hydrogen) atoms. The second-order valence-corrected chi connectivity index (χ2v) is 9.11. The number of nitrogens with one attached hydrogen (secondary N) is 1. The topological polar surface area (TPSA) is 56.7 Å². The molecule has 1 N–H and O–H groups in total. The zero-order valence-electron chi connectivity index (χ0n) is 20.0. The van der Waals surface area contributed by atoms with E-state index in [1.165, 1.54) is 17.6 Å². The molecule has 2 aromatic heterocycles.